The van der Waals surface area contributed by atoms with Gasteiger partial charge in [0, 0.05) is 5.39 Å². The van der Waals surface area contributed by atoms with Crippen molar-refractivity contribution in [2.45, 2.75) is 20.4 Å². The van der Waals surface area contributed by atoms with Gasteiger partial charge in [0.15, 0.2) is 0 Å². The summed E-state index contributed by atoms with van der Waals surface area (Å²) in [6, 6.07) is 14.6. The SMILES string of the molecule is Cc1nn(Cc2ccc(F)cc2)c(C)c1NC(=O)c1cc(C(N)=O)nc2ccccc12. The molecule has 0 atom stereocenters. The summed E-state index contributed by atoms with van der Waals surface area (Å²) >= 11 is 0. The van der Waals surface area contributed by atoms with E-state index in [0.717, 1.165) is 11.3 Å². The first-order valence-electron chi connectivity index (χ1n) is 9.63. The van der Waals surface area contributed by atoms with Crippen LogP contribution in [0.15, 0.2) is 54.6 Å². The Morgan fingerprint density at radius 1 is 1.10 bits per heavy atom. The van der Waals surface area contributed by atoms with Gasteiger partial charge in [-0.15, -0.1) is 0 Å². The van der Waals surface area contributed by atoms with E-state index in [1.165, 1.54) is 18.2 Å². The Hall–Kier alpha value is -4.07. The average Bonchev–Trinajstić information content (AvgIpc) is 3.01. The molecule has 31 heavy (non-hydrogen) atoms. The van der Waals surface area contributed by atoms with E-state index in [9.17, 15) is 14.0 Å². The van der Waals surface area contributed by atoms with Crippen molar-refractivity contribution in [1.82, 2.24) is 14.8 Å². The summed E-state index contributed by atoms with van der Waals surface area (Å²) in [4.78, 5) is 29.0. The number of pyridine rings is 1. The van der Waals surface area contributed by atoms with Gasteiger partial charge in [0.2, 0.25) is 0 Å². The number of hydrogen-bond donors (Lipinski definition) is 2. The minimum Gasteiger partial charge on any atom is -0.364 e. The van der Waals surface area contributed by atoms with Crippen molar-refractivity contribution >= 4 is 28.4 Å². The van der Waals surface area contributed by atoms with Gasteiger partial charge < -0.3 is 11.1 Å². The number of nitrogens with one attached hydrogen (secondary N) is 1. The van der Waals surface area contributed by atoms with Gasteiger partial charge in [-0.1, -0.05) is 30.3 Å². The van der Waals surface area contributed by atoms with Crippen LogP contribution in [-0.2, 0) is 6.54 Å². The third kappa shape index (κ3) is 4.00. The smallest absolute Gasteiger partial charge is 0.267 e. The van der Waals surface area contributed by atoms with E-state index in [-0.39, 0.29) is 11.5 Å². The first-order valence-corrected chi connectivity index (χ1v) is 9.63. The number of nitrogens with two attached hydrogens (primary N) is 1. The zero-order chi connectivity index (χ0) is 22.1. The van der Waals surface area contributed by atoms with Crippen molar-refractivity contribution in [1.29, 1.82) is 0 Å². The largest absolute Gasteiger partial charge is 0.364 e. The zero-order valence-corrected chi connectivity index (χ0v) is 17.0. The fourth-order valence-corrected chi connectivity index (χ4v) is 3.46. The minimum atomic E-state index is -0.709. The van der Waals surface area contributed by atoms with E-state index >= 15 is 0 Å². The van der Waals surface area contributed by atoms with Gasteiger partial charge in [0.05, 0.1) is 34.7 Å². The number of benzene rings is 2. The monoisotopic (exact) mass is 417 g/mol. The first-order chi connectivity index (χ1) is 14.8. The molecular formula is C23H20FN5O2. The van der Waals surface area contributed by atoms with E-state index in [1.54, 1.807) is 48.0 Å². The highest BCUT2D eigenvalue weighted by Gasteiger charge is 2.19. The number of aryl methyl sites for hydroxylation is 1. The Morgan fingerprint density at radius 2 is 1.81 bits per heavy atom. The molecule has 2 heterocycles. The third-order valence-corrected chi connectivity index (χ3v) is 5.08. The van der Waals surface area contributed by atoms with Gasteiger partial charge in [0.1, 0.15) is 11.5 Å². The molecule has 0 spiro atoms. The highest BCUT2D eigenvalue weighted by atomic mass is 19.1. The number of rotatable bonds is 5. The van der Waals surface area contributed by atoms with E-state index in [4.69, 9.17) is 5.73 Å². The van der Waals surface area contributed by atoms with Gasteiger partial charge in [-0.05, 0) is 43.7 Å². The van der Waals surface area contributed by atoms with Crippen LogP contribution in [0.25, 0.3) is 10.9 Å². The molecule has 0 aliphatic carbocycles. The number of amides is 2. The molecule has 0 radical (unpaired) electrons. The minimum absolute atomic E-state index is 0.0179. The highest BCUT2D eigenvalue weighted by molar-refractivity contribution is 6.14. The van der Waals surface area contributed by atoms with Crippen LogP contribution in [0.2, 0.25) is 0 Å². The van der Waals surface area contributed by atoms with E-state index in [2.05, 4.69) is 15.4 Å². The van der Waals surface area contributed by atoms with Gasteiger partial charge >= 0.3 is 0 Å². The molecule has 0 saturated heterocycles. The number of carbonyl (C=O) groups excluding carboxylic acids is 2. The van der Waals surface area contributed by atoms with Crippen LogP contribution >= 0.6 is 0 Å². The number of fused-ring (bicyclic) bond motifs is 1. The quantitative estimate of drug-likeness (QED) is 0.518. The van der Waals surface area contributed by atoms with Crippen molar-refractivity contribution in [2.24, 2.45) is 5.73 Å². The maximum Gasteiger partial charge on any atom is 0.267 e. The van der Waals surface area contributed by atoms with Crippen LogP contribution in [0.5, 0.6) is 0 Å². The molecule has 0 unspecified atom stereocenters. The normalized spacial score (nSPS) is 10.9. The van der Waals surface area contributed by atoms with Gasteiger partial charge in [-0.3, -0.25) is 14.3 Å². The number of halogens is 1. The first kappa shape index (κ1) is 20.2. The Labute approximate surface area is 177 Å². The average molecular weight is 417 g/mol. The summed E-state index contributed by atoms with van der Waals surface area (Å²) in [6.07, 6.45) is 0. The van der Waals surface area contributed by atoms with E-state index in [0.29, 0.717) is 34.4 Å². The lowest BCUT2D eigenvalue weighted by molar-refractivity contribution is 0.0996. The van der Waals surface area contributed by atoms with Crippen LogP contribution in [0, 0.1) is 19.7 Å². The predicted octanol–water partition coefficient (Wildman–Crippen LogP) is 3.59. The highest BCUT2D eigenvalue weighted by Crippen LogP contribution is 2.24. The second-order valence-corrected chi connectivity index (χ2v) is 7.22. The molecule has 0 saturated carbocycles. The number of nitrogens with zero attached hydrogens (tertiary/aromatic N) is 3. The Bertz CT molecular complexity index is 1310. The number of hydrogen-bond acceptors (Lipinski definition) is 4. The fourth-order valence-electron chi connectivity index (χ4n) is 3.46. The molecule has 8 heteroatoms. The fraction of sp³-hybridized carbons (Fsp3) is 0.130. The third-order valence-electron chi connectivity index (χ3n) is 5.08. The summed E-state index contributed by atoms with van der Waals surface area (Å²) in [6.45, 7) is 4.08. The lowest BCUT2D eigenvalue weighted by Crippen LogP contribution is -2.18. The summed E-state index contributed by atoms with van der Waals surface area (Å²) in [5.74, 6) is -1.40. The number of anilines is 1. The van der Waals surface area contributed by atoms with Crippen molar-refractivity contribution in [2.75, 3.05) is 5.32 Å². The lowest BCUT2D eigenvalue weighted by atomic mass is 10.1. The summed E-state index contributed by atoms with van der Waals surface area (Å²) < 4.78 is 14.9. The maximum absolute atomic E-state index is 13.2. The van der Waals surface area contributed by atoms with Gasteiger partial charge in [-0.25, -0.2) is 9.37 Å². The summed E-state index contributed by atoms with van der Waals surface area (Å²) in [7, 11) is 0. The molecule has 3 N–H and O–H groups in total. The second kappa shape index (κ2) is 7.98. The van der Waals surface area contributed by atoms with Crippen LogP contribution in [0.1, 0.15) is 37.8 Å². The molecule has 2 aromatic carbocycles. The molecule has 2 amide bonds. The predicted molar refractivity (Wildman–Crippen MR) is 115 cm³/mol. The lowest BCUT2D eigenvalue weighted by Gasteiger charge is -2.10. The van der Waals surface area contributed by atoms with Crippen molar-refractivity contribution in [3.63, 3.8) is 0 Å². The van der Waals surface area contributed by atoms with Crippen molar-refractivity contribution in [3.05, 3.63) is 88.6 Å². The Morgan fingerprint density at radius 3 is 2.52 bits per heavy atom. The van der Waals surface area contributed by atoms with E-state index in [1.807, 2.05) is 6.92 Å². The molecule has 4 rings (SSSR count). The number of carbonyl (C=O) groups is 2. The molecule has 7 nitrogen and oxygen atoms in total. The van der Waals surface area contributed by atoms with Crippen LogP contribution in [-0.4, -0.2) is 26.6 Å². The molecule has 4 aromatic rings. The van der Waals surface area contributed by atoms with Gasteiger partial charge in [0.25, 0.3) is 11.8 Å². The summed E-state index contributed by atoms with van der Waals surface area (Å²) in [5, 5.41) is 8.02. The molecule has 0 aliphatic heterocycles. The topological polar surface area (TPSA) is 103 Å². The van der Waals surface area contributed by atoms with Crippen LogP contribution in [0.4, 0.5) is 10.1 Å². The number of primary amides is 1. The molecule has 0 fully saturated rings. The van der Waals surface area contributed by atoms with Crippen molar-refractivity contribution < 1.29 is 14.0 Å². The Kier molecular flexibility index (Phi) is 5.21. The summed E-state index contributed by atoms with van der Waals surface area (Å²) in [5.41, 5.74) is 9.06. The molecule has 2 aromatic heterocycles. The number of aromatic nitrogens is 3. The second-order valence-electron chi connectivity index (χ2n) is 7.22. The molecule has 0 bridgehead atoms. The van der Waals surface area contributed by atoms with Gasteiger partial charge in [-0.2, -0.15) is 5.10 Å². The molecule has 156 valence electrons. The Balaban J connectivity index is 1.67. The van der Waals surface area contributed by atoms with E-state index < -0.39 is 11.8 Å². The standard InChI is InChI=1S/C23H20FN5O2/c1-13-21(14(2)29(28-13)12-15-7-9-16(24)10-8-15)27-23(31)18-11-20(22(25)30)26-19-6-4-3-5-17(18)19/h3-11H,12H2,1-2H3,(H2,25,30)(H,27,31). The zero-order valence-electron chi connectivity index (χ0n) is 17.0. The van der Waals surface area contributed by atoms with Crippen LogP contribution < -0.4 is 11.1 Å². The number of para-hydroxylation sites is 1. The van der Waals surface area contributed by atoms with Crippen molar-refractivity contribution in [3.8, 4) is 0 Å². The molecular weight excluding hydrogens is 397 g/mol. The molecule has 0 aliphatic rings. The maximum atomic E-state index is 13.2. The van der Waals surface area contributed by atoms with Crippen LogP contribution in [0.3, 0.4) is 0 Å².